The first-order chi connectivity index (χ1) is 6.75. The van der Waals surface area contributed by atoms with Crippen molar-refractivity contribution in [3.8, 4) is 0 Å². The fourth-order valence-corrected chi connectivity index (χ4v) is 2.37. The number of hydrogen-bond acceptors (Lipinski definition) is 2. The van der Waals surface area contributed by atoms with Gasteiger partial charge in [-0.2, -0.15) is 0 Å². The quantitative estimate of drug-likeness (QED) is 0.652. The summed E-state index contributed by atoms with van der Waals surface area (Å²) >= 11 is 0. The summed E-state index contributed by atoms with van der Waals surface area (Å²) < 4.78 is 5.46. The summed E-state index contributed by atoms with van der Waals surface area (Å²) in [6.07, 6.45) is 3.48. The zero-order chi connectivity index (χ0) is 10.6. The van der Waals surface area contributed by atoms with Crippen molar-refractivity contribution in [2.45, 2.75) is 39.7 Å². The van der Waals surface area contributed by atoms with E-state index >= 15 is 0 Å². The summed E-state index contributed by atoms with van der Waals surface area (Å²) in [6.45, 7) is 11.3. The predicted octanol–water partition coefficient (Wildman–Crippen LogP) is 2.36. The molecule has 0 saturated carbocycles. The molecular formula is C12H23NO. The van der Waals surface area contributed by atoms with Crippen LogP contribution in [0.15, 0.2) is 11.6 Å². The zero-order valence-electron chi connectivity index (χ0n) is 9.89. The Balaban J connectivity index is 0.000000461. The van der Waals surface area contributed by atoms with E-state index in [4.69, 9.17) is 4.74 Å². The van der Waals surface area contributed by atoms with Crippen molar-refractivity contribution in [1.29, 1.82) is 0 Å². The van der Waals surface area contributed by atoms with Gasteiger partial charge in [0.2, 0.25) is 0 Å². The fourth-order valence-electron chi connectivity index (χ4n) is 2.37. The smallest absolute Gasteiger partial charge is 0.0688 e. The normalized spacial score (nSPS) is 30.5. The highest BCUT2D eigenvalue weighted by Crippen LogP contribution is 2.34. The summed E-state index contributed by atoms with van der Waals surface area (Å²) in [5.74, 6) is 0.654. The third kappa shape index (κ3) is 2.01. The molecule has 2 heteroatoms. The third-order valence-corrected chi connectivity index (χ3v) is 2.96. The Morgan fingerprint density at radius 2 is 2.14 bits per heavy atom. The summed E-state index contributed by atoms with van der Waals surface area (Å²) in [5.41, 5.74) is 1.77. The molecule has 0 radical (unpaired) electrons. The Morgan fingerprint density at radius 1 is 1.43 bits per heavy atom. The molecule has 1 fully saturated rings. The minimum atomic E-state index is 0.216. The van der Waals surface area contributed by atoms with E-state index in [1.165, 1.54) is 0 Å². The first kappa shape index (κ1) is 11.7. The number of ether oxygens (including phenoxy) is 1. The van der Waals surface area contributed by atoms with Crippen LogP contribution in [-0.4, -0.2) is 25.3 Å². The first-order valence-electron chi connectivity index (χ1n) is 5.78. The van der Waals surface area contributed by atoms with Crippen molar-refractivity contribution >= 4 is 0 Å². The average Bonchev–Trinajstić information content (AvgIpc) is 2.80. The number of nitrogens with one attached hydrogen (secondary N) is 1. The SMILES string of the molecule is CC.CC(C)C1=CCNC12CCOC2. The Labute approximate surface area is 87.7 Å². The van der Waals surface area contributed by atoms with Gasteiger partial charge < -0.3 is 10.1 Å². The van der Waals surface area contributed by atoms with E-state index < -0.39 is 0 Å². The summed E-state index contributed by atoms with van der Waals surface area (Å²) in [6, 6.07) is 0. The van der Waals surface area contributed by atoms with Crippen LogP contribution in [0, 0.1) is 5.92 Å². The lowest BCUT2D eigenvalue weighted by molar-refractivity contribution is 0.177. The molecule has 14 heavy (non-hydrogen) atoms. The highest BCUT2D eigenvalue weighted by atomic mass is 16.5. The first-order valence-corrected chi connectivity index (χ1v) is 5.78. The molecule has 1 saturated heterocycles. The van der Waals surface area contributed by atoms with Gasteiger partial charge >= 0.3 is 0 Å². The van der Waals surface area contributed by atoms with Gasteiger partial charge in [0.25, 0.3) is 0 Å². The molecule has 82 valence electrons. The van der Waals surface area contributed by atoms with E-state index in [1.807, 2.05) is 13.8 Å². The van der Waals surface area contributed by atoms with E-state index in [-0.39, 0.29) is 5.54 Å². The van der Waals surface area contributed by atoms with Crippen molar-refractivity contribution in [2.75, 3.05) is 19.8 Å². The molecule has 2 aliphatic heterocycles. The van der Waals surface area contributed by atoms with E-state index in [9.17, 15) is 0 Å². The maximum Gasteiger partial charge on any atom is 0.0688 e. The minimum absolute atomic E-state index is 0.216. The topological polar surface area (TPSA) is 21.3 Å². The summed E-state index contributed by atoms with van der Waals surface area (Å²) in [4.78, 5) is 0. The molecule has 0 aromatic carbocycles. The maximum absolute atomic E-state index is 5.46. The molecule has 0 bridgehead atoms. The second-order valence-corrected chi connectivity index (χ2v) is 4.08. The predicted molar refractivity (Wildman–Crippen MR) is 60.4 cm³/mol. The highest BCUT2D eigenvalue weighted by molar-refractivity contribution is 5.29. The lowest BCUT2D eigenvalue weighted by Gasteiger charge is -2.28. The van der Waals surface area contributed by atoms with Crippen LogP contribution < -0.4 is 5.32 Å². The van der Waals surface area contributed by atoms with Gasteiger partial charge in [-0.3, -0.25) is 0 Å². The van der Waals surface area contributed by atoms with Crippen molar-refractivity contribution in [2.24, 2.45) is 5.92 Å². The van der Waals surface area contributed by atoms with E-state index in [2.05, 4.69) is 25.2 Å². The van der Waals surface area contributed by atoms with Crippen LogP contribution in [0.3, 0.4) is 0 Å². The van der Waals surface area contributed by atoms with Gasteiger partial charge in [-0.15, -0.1) is 0 Å². The van der Waals surface area contributed by atoms with Gasteiger partial charge in [-0.25, -0.2) is 0 Å². The maximum atomic E-state index is 5.46. The Kier molecular flexibility index (Phi) is 4.14. The van der Waals surface area contributed by atoms with Crippen LogP contribution >= 0.6 is 0 Å². The molecule has 2 nitrogen and oxygen atoms in total. The molecular weight excluding hydrogens is 174 g/mol. The van der Waals surface area contributed by atoms with Crippen LogP contribution in [-0.2, 0) is 4.74 Å². The van der Waals surface area contributed by atoms with Gasteiger partial charge in [-0.05, 0) is 17.9 Å². The molecule has 1 spiro atoms. The monoisotopic (exact) mass is 197 g/mol. The van der Waals surface area contributed by atoms with Gasteiger partial charge in [0, 0.05) is 13.2 Å². The summed E-state index contributed by atoms with van der Waals surface area (Å²) in [5, 5.41) is 3.55. The molecule has 1 atom stereocenters. The number of rotatable bonds is 1. The van der Waals surface area contributed by atoms with Gasteiger partial charge in [0.15, 0.2) is 0 Å². The van der Waals surface area contributed by atoms with Crippen LogP contribution in [0.2, 0.25) is 0 Å². The molecule has 0 aromatic rings. The van der Waals surface area contributed by atoms with Crippen LogP contribution in [0.1, 0.15) is 34.1 Å². The highest BCUT2D eigenvalue weighted by Gasteiger charge is 2.41. The molecule has 2 rings (SSSR count). The van der Waals surface area contributed by atoms with Crippen LogP contribution in [0.25, 0.3) is 0 Å². The second kappa shape index (κ2) is 4.94. The zero-order valence-corrected chi connectivity index (χ0v) is 9.89. The van der Waals surface area contributed by atoms with Crippen molar-refractivity contribution in [1.82, 2.24) is 5.32 Å². The van der Waals surface area contributed by atoms with Crippen molar-refractivity contribution in [3.63, 3.8) is 0 Å². The Bertz CT molecular complexity index is 202. The number of hydrogen-bond donors (Lipinski definition) is 1. The second-order valence-electron chi connectivity index (χ2n) is 4.08. The van der Waals surface area contributed by atoms with Gasteiger partial charge in [0.05, 0.1) is 12.1 Å². The third-order valence-electron chi connectivity index (χ3n) is 2.96. The Hall–Kier alpha value is -0.340. The average molecular weight is 197 g/mol. The lowest BCUT2D eigenvalue weighted by Crippen LogP contribution is -2.44. The lowest BCUT2D eigenvalue weighted by atomic mass is 9.84. The molecule has 2 heterocycles. The minimum Gasteiger partial charge on any atom is -0.379 e. The van der Waals surface area contributed by atoms with E-state index in [0.29, 0.717) is 5.92 Å². The van der Waals surface area contributed by atoms with E-state index in [1.54, 1.807) is 5.57 Å². The van der Waals surface area contributed by atoms with Gasteiger partial charge in [-0.1, -0.05) is 33.8 Å². The summed E-state index contributed by atoms with van der Waals surface area (Å²) in [7, 11) is 0. The van der Waals surface area contributed by atoms with Crippen LogP contribution in [0.5, 0.6) is 0 Å². The molecule has 1 unspecified atom stereocenters. The van der Waals surface area contributed by atoms with E-state index in [0.717, 1.165) is 26.2 Å². The molecule has 1 N–H and O–H groups in total. The fraction of sp³-hybridized carbons (Fsp3) is 0.833. The largest absolute Gasteiger partial charge is 0.379 e. The standard InChI is InChI=1S/C10H17NO.C2H6/c1-8(2)9-3-5-11-10(9)4-6-12-7-10;1-2/h3,8,11H,4-7H2,1-2H3;1-2H3. The van der Waals surface area contributed by atoms with Gasteiger partial charge in [0.1, 0.15) is 0 Å². The van der Waals surface area contributed by atoms with Crippen molar-refractivity contribution < 1.29 is 4.74 Å². The van der Waals surface area contributed by atoms with Crippen molar-refractivity contribution in [3.05, 3.63) is 11.6 Å². The molecule has 2 aliphatic rings. The molecule has 0 aliphatic carbocycles. The molecule has 0 aromatic heterocycles. The Morgan fingerprint density at radius 3 is 2.64 bits per heavy atom. The molecule has 0 amide bonds. The van der Waals surface area contributed by atoms with Crippen LogP contribution in [0.4, 0.5) is 0 Å².